The zero-order valence-corrected chi connectivity index (χ0v) is 17.2. The van der Waals surface area contributed by atoms with Gasteiger partial charge in [-0.3, -0.25) is 9.59 Å². The molecule has 7 heteroatoms. The fourth-order valence-corrected chi connectivity index (χ4v) is 3.70. The highest BCUT2D eigenvalue weighted by atomic mass is 16.5. The molecule has 1 aliphatic heterocycles. The number of nitrogens with zero attached hydrogens (tertiary/aromatic N) is 1. The predicted molar refractivity (Wildman–Crippen MR) is 114 cm³/mol. The van der Waals surface area contributed by atoms with E-state index in [0.717, 1.165) is 18.4 Å². The zero-order valence-electron chi connectivity index (χ0n) is 17.2. The Bertz CT molecular complexity index is 956. The van der Waals surface area contributed by atoms with Crippen LogP contribution in [0.4, 0.5) is 11.4 Å². The molecule has 2 aromatic carbocycles. The van der Waals surface area contributed by atoms with Crippen LogP contribution in [0.25, 0.3) is 0 Å². The van der Waals surface area contributed by atoms with E-state index in [4.69, 9.17) is 4.74 Å². The normalized spacial score (nSPS) is 16.1. The third-order valence-corrected chi connectivity index (χ3v) is 5.15. The molecular formula is C23H26N2O5. The number of amides is 1. The smallest absolute Gasteiger partial charge is 0.337 e. The Kier molecular flexibility index (Phi) is 6.72. The number of aromatic carboxylic acids is 1. The van der Waals surface area contributed by atoms with Crippen molar-refractivity contribution in [2.24, 2.45) is 5.92 Å². The number of aryl methyl sites for hydroxylation is 1. The first-order valence-corrected chi connectivity index (χ1v) is 10.1. The molecule has 1 amide bonds. The number of piperidine rings is 1. The van der Waals surface area contributed by atoms with Gasteiger partial charge in [0, 0.05) is 24.3 Å². The van der Waals surface area contributed by atoms with Crippen molar-refractivity contribution in [1.29, 1.82) is 0 Å². The van der Waals surface area contributed by atoms with Crippen molar-refractivity contribution >= 4 is 29.2 Å². The van der Waals surface area contributed by atoms with Crippen LogP contribution in [0.15, 0.2) is 42.5 Å². The van der Waals surface area contributed by atoms with E-state index in [1.165, 1.54) is 6.07 Å². The number of carboxylic acid groups (broad SMARTS) is 1. The molecule has 1 fully saturated rings. The molecule has 158 valence electrons. The summed E-state index contributed by atoms with van der Waals surface area (Å²) in [5.41, 5.74) is 2.49. The number of anilines is 2. The van der Waals surface area contributed by atoms with Crippen LogP contribution in [0.1, 0.15) is 46.0 Å². The van der Waals surface area contributed by atoms with Crippen molar-refractivity contribution in [3.63, 3.8) is 0 Å². The lowest BCUT2D eigenvalue weighted by atomic mass is 9.96. The monoisotopic (exact) mass is 410 g/mol. The maximum absolute atomic E-state index is 12.5. The van der Waals surface area contributed by atoms with Crippen LogP contribution in [0, 0.1) is 12.8 Å². The first-order valence-electron chi connectivity index (χ1n) is 10.1. The number of hydrogen-bond donors (Lipinski definition) is 2. The van der Waals surface area contributed by atoms with Crippen molar-refractivity contribution in [3.8, 4) is 0 Å². The lowest BCUT2D eigenvalue weighted by Gasteiger charge is -2.34. The summed E-state index contributed by atoms with van der Waals surface area (Å²) in [4.78, 5) is 38.4. The molecule has 0 aliphatic carbocycles. The molecule has 0 saturated carbocycles. The molecule has 30 heavy (non-hydrogen) atoms. The van der Waals surface area contributed by atoms with Crippen molar-refractivity contribution in [2.45, 2.75) is 26.7 Å². The number of benzene rings is 2. The molecule has 0 spiro atoms. The van der Waals surface area contributed by atoms with Crippen LogP contribution >= 0.6 is 0 Å². The molecule has 2 aromatic rings. The number of carbonyl (C=O) groups excluding carboxylic acids is 2. The third kappa shape index (κ3) is 4.97. The van der Waals surface area contributed by atoms with Gasteiger partial charge in [0.1, 0.15) is 0 Å². The fraction of sp³-hybridized carbons (Fsp3) is 0.348. The predicted octanol–water partition coefficient (Wildman–Crippen LogP) is 3.73. The summed E-state index contributed by atoms with van der Waals surface area (Å²) in [5, 5.41) is 12.5. The summed E-state index contributed by atoms with van der Waals surface area (Å²) in [6.07, 6.45) is 1.50. The highest BCUT2D eigenvalue weighted by Gasteiger charge is 2.29. The molecular weight excluding hydrogens is 384 g/mol. The Morgan fingerprint density at radius 2 is 2.00 bits per heavy atom. The van der Waals surface area contributed by atoms with Crippen LogP contribution < -0.4 is 10.2 Å². The molecule has 1 aliphatic rings. The molecule has 0 unspecified atom stereocenters. The minimum atomic E-state index is -1.09. The second-order valence-electron chi connectivity index (χ2n) is 7.40. The van der Waals surface area contributed by atoms with Gasteiger partial charge in [-0.15, -0.1) is 0 Å². The van der Waals surface area contributed by atoms with E-state index in [0.29, 0.717) is 36.6 Å². The van der Waals surface area contributed by atoms with Gasteiger partial charge in [0.2, 0.25) is 0 Å². The van der Waals surface area contributed by atoms with E-state index in [2.05, 4.69) is 5.32 Å². The number of esters is 1. The second kappa shape index (κ2) is 9.43. The van der Waals surface area contributed by atoms with E-state index in [-0.39, 0.29) is 23.4 Å². The summed E-state index contributed by atoms with van der Waals surface area (Å²) in [7, 11) is 0. The Balaban J connectivity index is 1.81. The van der Waals surface area contributed by atoms with E-state index in [1.54, 1.807) is 37.3 Å². The summed E-state index contributed by atoms with van der Waals surface area (Å²) >= 11 is 0. The van der Waals surface area contributed by atoms with Crippen molar-refractivity contribution in [3.05, 3.63) is 59.2 Å². The summed E-state index contributed by atoms with van der Waals surface area (Å²) in [5.74, 6) is -1.92. The largest absolute Gasteiger partial charge is 0.478 e. The molecule has 0 aromatic heterocycles. The molecule has 1 saturated heterocycles. The Labute approximate surface area is 175 Å². The number of ether oxygens (including phenoxy) is 1. The van der Waals surface area contributed by atoms with Gasteiger partial charge in [-0.2, -0.15) is 0 Å². The first-order chi connectivity index (χ1) is 14.4. The summed E-state index contributed by atoms with van der Waals surface area (Å²) in [6.45, 7) is 5.06. The van der Waals surface area contributed by atoms with Crippen molar-refractivity contribution in [2.75, 3.05) is 29.9 Å². The number of carboxylic acids is 1. The molecule has 7 nitrogen and oxygen atoms in total. The lowest BCUT2D eigenvalue weighted by Crippen LogP contribution is -2.40. The maximum Gasteiger partial charge on any atom is 0.337 e. The van der Waals surface area contributed by atoms with Crippen molar-refractivity contribution in [1.82, 2.24) is 0 Å². The standard InChI is InChI=1S/C23H26N2O5/c1-3-30-23(29)17-8-5-11-25(14-17)20-10-9-18(13-19(20)22(27)28)24-21(26)16-7-4-6-15(2)12-16/h4,6-7,9-10,12-13,17H,3,5,8,11,14H2,1-2H3,(H,24,26)(H,27,28)/t17-/m0/s1. The minimum Gasteiger partial charge on any atom is -0.478 e. The minimum absolute atomic E-state index is 0.0848. The van der Waals surface area contributed by atoms with Gasteiger partial charge >= 0.3 is 11.9 Å². The second-order valence-corrected chi connectivity index (χ2v) is 7.40. The van der Waals surface area contributed by atoms with Gasteiger partial charge in [-0.1, -0.05) is 17.7 Å². The molecule has 2 N–H and O–H groups in total. The Morgan fingerprint density at radius 3 is 2.70 bits per heavy atom. The van der Waals surface area contributed by atoms with E-state index >= 15 is 0 Å². The van der Waals surface area contributed by atoms with Crippen LogP contribution in [-0.4, -0.2) is 42.6 Å². The fourth-order valence-electron chi connectivity index (χ4n) is 3.70. The average molecular weight is 410 g/mol. The maximum atomic E-state index is 12.5. The SMILES string of the molecule is CCOC(=O)[C@H]1CCCN(c2ccc(NC(=O)c3cccc(C)c3)cc2C(=O)O)C1. The number of carbonyl (C=O) groups is 3. The zero-order chi connectivity index (χ0) is 21.7. The topological polar surface area (TPSA) is 95.9 Å². The summed E-state index contributed by atoms with van der Waals surface area (Å²) < 4.78 is 5.13. The van der Waals surface area contributed by atoms with Gasteiger partial charge in [0.15, 0.2) is 0 Å². The van der Waals surface area contributed by atoms with E-state index in [1.807, 2.05) is 17.9 Å². The van der Waals surface area contributed by atoms with Gasteiger partial charge in [0.25, 0.3) is 5.91 Å². The van der Waals surface area contributed by atoms with Gasteiger partial charge < -0.3 is 20.1 Å². The molecule has 0 radical (unpaired) electrons. The van der Waals surface area contributed by atoms with Crippen LogP contribution in [-0.2, 0) is 9.53 Å². The van der Waals surface area contributed by atoms with Crippen LogP contribution in [0.5, 0.6) is 0 Å². The first kappa shape index (κ1) is 21.4. The van der Waals surface area contributed by atoms with Crippen LogP contribution in [0.3, 0.4) is 0 Å². The van der Waals surface area contributed by atoms with Gasteiger partial charge in [-0.25, -0.2) is 4.79 Å². The molecule has 1 atom stereocenters. The number of nitrogens with one attached hydrogen (secondary N) is 1. The molecule has 3 rings (SSSR count). The molecule has 1 heterocycles. The number of hydrogen-bond acceptors (Lipinski definition) is 5. The highest BCUT2D eigenvalue weighted by molar-refractivity contribution is 6.05. The quantitative estimate of drug-likeness (QED) is 0.705. The van der Waals surface area contributed by atoms with E-state index < -0.39 is 5.97 Å². The average Bonchev–Trinajstić information content (AvgIpc) is 2.74. The van der Waals surface area contributed by atoms with Crippen LogP contribution in [0.2, 0.25) is 0 Å². The van der Waals surface area contributed by atoms with Gasteiger partial charge in [-0.05, 0) is 57.0 Å². The summed E-state index contributed by atoms with van der Waals surface area (Å²) in [6, 6.07) is 12.0. The van der Waals surface area contributed by atoms with Gasteiger partial charge in [0.05, 0.1) is 23.8 Å². The Hall–Kier alpha value is -3.35. The Morgan fingerprint density at radius 1 is 1.20 bits per heavy atom. The third-order valence-electron chi connectivity index (χ3n) is 5.15. The van der Waals surface area contributed by atoms with Crippen molar-refractivity contribution < 1.29 is 24.2 Å². The molecule has 0 bridgehead atoms. The number of rotatable bonds is 6. The lowest BCUT2D eigenvalue weighted by molar-refractivity contribution is -0.148. The highest BCUT2D eigenvalue weighted by Crippen LogP contribution is 2.29. The van der Waals surface area contributed by atoms with E-state index in [9.17, 15) is 19.5 Å².